The second-order valence-corrected chi connectivity index (χ2v) is 9.88. The number of cyclic esters (lactones) is 1. The van der Waals surface area contributed by atoms with Crippen molar-refractivity contribution in [2.75, 3.05) is 6.61 Å². The van der Waals surface area contributed by atoms with E-state index in [2.05, 4.69) is 36.9 Å². The summed E-state index contributed by atoms with van der Waals surface area (Å²) in [6.07, 6.45) is 1.64. The Morgan fingerprint density at radius 3 is 2.03 bits per heavy atom. The van der Waals surface area contributed by atoms with Crippen LogP contribution in [-0.2, 0) is 9.53 Å². The molecule has 5 nitrogen and oxygen atoms in total. The Morgan fingerprint density at radius 1 is 0.811 bits per heavy atom. The fraction of sp³-hybridized carbons (Fsp3) is 0.0333. The predicted octanol–water partition coefficient (Wildman–Crippen LogP) is 7.48. The summed E-state index contributed by atoms with van der Waals surface area (Å²) in [6.45, 7) is -0.106. The zero-order valence-electron chi connectivity index (χ0n) is 19.4. The Hall–Kier alpha value is -3.81. The van der Waals surface area contributed by atoms with E-state index in [1.807, 2.05) is 72.8 Å². The van der Waals surface area contributed by atoms with Crippen LogP contribution in [0.3, 0.4) is 0 Å². The molecule has 0 aliphatic carbocycles. The zero-order chi connectivity index (χ0) is 25.8. The SMILES string of the molecule is O=C1OC(c2ccc(-c3ccccc3)cc2)=N/C1=C\c1cc(Br)c(OCC(=O)c2ccccc2)c(Br)c1. The van der Waals surface area contributed by atoms with E-state index in [0.29, 0.717) is 31.4 Å². The lowest BCUT2D eigenvalue weighted by Gasteiger charge is -2.11. The van der Waals surface area contributed by atoms with Crippen molar-refractivity contribution >= 4 is 55.6 Å². The Kier molecular flexibility index (Phi) is 7.44. The second-order valence-electron chi connectivity index (χ2n) is 8.17. The molecule has 0 aromatic heterocycles. The average molecular weight is 617 g/mol. The third-order valence-electron chi connectivity index (χ3n) is 5.63. The number of carbonyl (C=O) groups is 2. The van der Waals surface area contributed by atoms with Crippen LogP contribution in [0.2, 0.25) is 0 Å². The van der Waals surface area contributed by atoms with E-state index in [0.717, 1.165) is 11.1 Å². The van der Waals surface area contributed by atoms with Gasteiger partial charge in [-0.25, -0.2) is 9.79 Å². The summed E-state index contributed by atoms with van der Waals surface area (Å²) < 4.78 is 12.4. The van der Waals surface area contributed by atoms with Gasteiger partial charge in [-0.2, -0.15) is 0 Å². The number of hydrogen-bond acceptors (Lipinski definition) is 5. The molecule has 0 spiro atoms. The number of esters is 1. The van der Waals surface area contributed by atoms with Gasteiger partial charge in [0.15, 0.2) is 18.1 Å². The van der Waals surface area contributed by atoms with Crippen molar-refractivity contribution in [2.45, 2.75) is 0 Å². The molecule has 1 aliphatic rings. The molecule has 0 radical (unpaired) electrons. The molecule has 4 aromatic carbocycles. The van der Waals surface area contributed by atoms with E-state index in [4.69, 9.17) is 9.47 Å². The number of halogens is 2. The zero-order valence-corrected chi connectivity index (χ0v) is 22.5. The lowest BCUT2D eigenvalue weighted by Crippen LogP contribution is -2.12. The summed E-state index contributed by atoms with van der Waals surface area (Å²) in [5.41, 5.74) is 4.36. The average Bonchev–Trinajstić information content (AvgIpc) is 3.29. The first-order valence-corrected chi connectivity index (χ1v) is 12.9. The molecule has 0 saturated heterocycles. The summed E-state index contributed by atoms with van der Waals surface area (Å²) in [5, 5.41) is 0. The molecular formula is C30H19Br2NO4. The van der Waals surface area contributed by atoms with Gasteiger partial charge in [0.05, 0.1) is 8.95 Å². The van der Waals surface area contributed by atoms with Gasteiger partial charge in [-0.1, -0.05) is 72.8 Å². The van der Waals surface area contributed by atoms with Gasteiger partial charge in [-0.05, 0) is 78.9 Å². The summed E-state index contributed by atoms with van der Waals surface area (Å²) in [7, 11) is 0. The normalized spacial score (nSPS) is 13.8. The first-order chi connectivity index (χ1) is 18.0. The van der Waals surface area contributed by atoms with E-state index >= 15 is 0 Å². The second kappa shape index (κ2) is 11.1. The van der Waals surface area contributed by atoms with Crippen molar-refractivity contribution in [1.82, 2.24) is 0 Å². The van der Waals surface area contributed by atoms with Crippen LogP contribution in [-0.4, -0.2) is 24.3 Å². The van der Waals surface area contributed by atoms with E-state index in [-0.39, 0.29) is 24.0 Å². The number of carbonyl (C=O) groups excluding carboxylic acids is 2. The molecular weight excluding hydrogens is 598 g/mol. The summed E-state index contributed by atoms with van der Waals surface area (Å²) in [6, 6.07) is 30.3. The molecule has 7 heteroatoms. The number of rotatable bonds is 7. The van der Waals surface area contributed by atoms with Crippen LogP contribution in [0.25, 0.3) is 17.2 Å². The van der Waals surface area contributed by atoms with Gasteiger partial charge in [0.2, 0.25) is 5.90 Å². The molecule has 0 atom stereocenters. The van der Waals surface area contributed by atoms with E-state index in [9.17, 15) is 9.59 Å². The molecule has 0 bridgehead atoms. The fourth-order valence-electron chi connectivity index (χ4n) is 3.77. The minimum absolute atomic E-state index is 0.106. The summed E-state index contributed by atoms with van der Waals surface area (Å²) in [4.78, 5) is 29.3. The smallest absolute Gasteiger partial charge is 0.363 e. The molecule has 4 aromatic rings. The van der Waals surface area contributed by atoms with Crippen molar-refractivity contribution < 1.29 is 19.1 Å². The van der Waals surface area contributed by atoms with Gasteiger partial charge in [0.25, 0.3) is 0 Å². The van der Waals surface area contributed by atoms with Crippen molar-refractivity contribution in [3.8, 4) is 16.9 Å². The Balaban J connectivity index is 1.32. The highest BCUT2D eigenvalue weighted by Gasteiger charge is 2.24. The van der Waals surface area contributed by atoms with Crippen LogP contribution < -0.4 is 4.74 Å². The van der Waals surface area contributed by atoms with Crippen LogP contribution in [0.15, 0.2) is 117 Å². The van der Waals surface area contributed by atoms with Gasteiger partial charge in [0.1, 0.15) is 5.75 Å². The van der Waals surface area contributed by atoms with Crippen LogP contribution in [0.4, 0.5) is 0 Å². The monoisotopic (exact) mass is 615 g/mol. The third kappa shape index (κ3) is 5.79. The topological polar surface area (TPSA) is 65.0 Å². The van der Waals surface area contributed by atoms with E-state index in [1.54, 1.807) is 30.3 Å². The highest BCUT2D eigenvalue weighted by Crippen LogP contribution is 2.36. The minimum Gasteiger partial charge on any atom is -0.483 e. The summed E-state index contributed by atoms with van der Waals surface area (Å²) >= 11 is 6.99. The largest absolute Gasteiger partial charge is 0.483 e. The predicted molar refractivity (Wildman–Crippen MR) is 151 cm³/mol. The molecule has 1 aliphatic heterocycles. The maximum absolute atomic E-state index is 12.5. The number of nitrogens with zero attached hydrogens (tertiary/aromatic N) is 1. The van der Waals surface area contributed by atoms with Crippen LogP contribution in [0.5, 0.6) is 5.75 Å². The molecule has 0 amide bonds. The lowest BCUT2D eigenvalue weighted by molar-refractivity contribution is -0.129. The van der Waals surface area contributed by atoms with Gasteiger partial charge < -0.3 is 9.47 Å². The maximum atomic E-state index is 12.5. The number of ketones is 1. The minimum atomic E-state index is -0.525. The molecule has 0 fully saturated rings. The van der Waals surface area contributed by atoms with Gasteiger partial charge in [-0.15, -0.1) is 0 Å². The standard InChI is InChI=1S/C30H19Br2NO4/c31-24-15-19(16-25(32)28(24)36-18-27(34)22-9-5-2-6-10-22)17-26-30(35)37-29(33-26)23-13-11-21(12-14-23)20-7-3-1-4-8-20/h1-17H,18H2/b26-17-. The Labute approximate surface area is 230 Å². The van der Waals surface area contributed by atoms with Crippen molar-refractivity contribution in [3.63, 3.8) is 0 Å². The van der Waals surface area contributed by atoms with Gasteiger partial charge in [0, 0.05) is 11.1 Å². The van der Waals surface area contributed by atoms with Crippen LogP contribution in [0.1, 0.15) is 21.5 Å². The molecule has 182 valence electrons. The summed E-state index contributed by atoms with van der Waals surface area (Å²) in [5.74, 6) is 0.0950. The highest BCUT2D eigenvalue weighted by atomic mass is 79.9. The highest BCUT2D eigenvalue weighted by molar-refractivity contribution is 9.11. The number of aliphatic imine (C=N–C) groups is 1. The van der Waals surface area contributed by atoms with Gasteiger partial charge in [-0.3, -0.25) is 4.79 Å². The fourth-order valence-corrected chi connectivity index (χ4v) is 5.22. The van der Waals surface area contributed by atoms with Crippen LogP contribution >= 0.6 is 31.9 Å². The molecule has 0 unspecified atom stereocenters. The molecule has 5 rings (SSSR count). The maximum Gasteiger partial charge on any atom is 0.363 e. The molecule has 0 N–H and O–H groups in total. The molecule has 0 saturated carbocycles. The quantitative estimate of drug-likeness (QED) is 0.123. The van der Waals surface area contributed by atoms with Crippen LogP contribution in [0, 0.1) is 0 Å². The van der Waals surface area contributed by atoms with E-state index < -0.39 is 5.97 Å². The van der Waals surface area contributed by atoms with Gasteiger partial charge >= 0.3 is 5.97 Å². The number of benzene rings is 4. The Bertz CT molecular complexity index is 1510. The number of hydrogen-bond donors (Lipinski definition) is 0. The first-order valence-electron chi connectivity index (χ1n) is 11.4. The Morgan fingerprint density at radius 2 is 1.38 bits per heavy atom. The van der Waals surface area contributed by atoms with Crippen molar-refractivity contribution in [1.29, 1.82) is 0 Å². The lowest BCUT2D eigenvalue weighted by atomic mass is 10.0. The number of ether oxygens (including phenoxy) is 2. The molecule has 37 heavy (non-hydrogen) atoms. The van der Waals surface area contributed by atoms with E-state index in [1.165, 1.54) is 0 Å². The first kappa shape index (κ1) is 24.9. The third-order valence-corrected chi connectivity index (χ3v) is 6.80. The van der Waals surface area contributed by atoms with Crippen molar-refractivity contribution in [2.24, 2.45) is 4.99 Å². The van der Waals surface area contributed by atoms with Crippen molar-refractivity contribution in [3.05, 3.63) is 128 Å². The number of Topliss-reactive ketones (excluding diaryl/α,β-unsaturated/α-hetero) is 1. The molecule has 1 heterocycles.